The van der Waals surface area contributed by atoms with E-state index in [1.807, 2.05) is 42.5 Å². The van der Waals surface area contributed by atoms with E-state index >= 15 is 0 Å². The van der Waals surface area contributed by atoms with Gasteiger partial charge < -0.3 is 20.1 Å². The topological polar surface area (TPSA) is 59.6 Å². The molecule has 1 heterocycles. The molecular formula is C21H27ClN2O3. The summed E-state index contributed by atoms with van der Waals surface area (Å²) < 4.78 is 11.2. The van der Waals surface area contributed by atoms with E-state index < -0.39 is 0 Å². The predicted octanol–water partition coefficient (Wildman–Crippen LogP) is 2.82. The van der Waals surface area contributed by atoms with Crippen LogP contribution in [0.1, 0.15) is 23.1 Å². The summed E-state index contributed by atoms with van der Waals surface area (Å²) in [4.78, 5) is 12.2. The third-order valence-electron chi connectivity index (χ3n) is 4.39. The Hall–Kier alpha value is -1.92. The Morgan fingerprint density at radius 2 is 1.81 bits per heavy atom. The van der Waals surface area contributed by atoms with Crippen molar-refractivity contribution in [2.24, 2.45) is 0 Å². The number of hydrogen-bond acceptors (Lipinski definition) is 4. The molecule has 0 aromatic heterocycles. The van der Waals surface area contributed by atoms with Crippen LogP contribution in [-0.2, 0) is 34.0 Å². The molecule has 2 aromatic carbocycles. The molecule has 1 amide bonds. The predicted molar refractivity (Wildman–Crippen MR) is 108 cm³/mol. The van der Waals surface area contributed by atoms with Gasteiger partial charge in [-0.3, -0.25) is 4.79 Å². The number of nitrogens with one attached hydrogen (secondary N) is 2. The number of hydrogen-bond donors (Lipinski definition) is 2. The normalized spacial score (nSPS) is 16.4. The van der Waals surface area contributed by atoms with Crippen molar-refractivity contribution in [2.45, 2.75) is 32.2 Å². The maximum Gasteiger partial charge on any atom is 0.221 e. The molecule has 5 nitrogen and oxygen atoms in total. The molecule has 1 atom stereocenters. The number of morpholine rings is 1. The average molecular weight is 391 g/mol. The highest BCUT2D eigenvalue weighted by atomic mass is 35.5. The lowest BCUT2D eigenvalue weighted by molar-refractivity contribution is -0.122. The second-order valence-corrected chi connectivity index (χ2v) is 6.45. The summed E-state index contributed by atoms with van der Waals surface area (Å²) in [5, 5.41) is 6.30. The number of amides is 1. The number of carbonyl (C=O) groups excluding carboxylic acids is 1. The van der Waals surface area contributed by atoms with Gasteiger partial charge in [0.1, 0.15) is 0 Å². The second-order valence-electron chi connectivity index (χ2n) is 6.45. The zero-order valence-corrected chi connectivity index (χ0v) is 16.2. The molecule has 1 unspecified atom stereocenters. The number of ether oxygens (including phenoxy) is 2. The van der Waals surface area contributed by atoms with Crippen molar-refractivity contribution < 1.29 is 14.3 Å². The van der Waals surface area contributed by atoms with E-state index in [4.69, 9.17) is 9.47 Å². The van der Waals surface area contributed by atoms with Gasteiger partial charge in [-0.05, 0) is 16.7 Å². The largest absolute Gasteiger partial charge is 0.378 e. The van der Waals surface area contributed by atoms with E-state index in [9.17, 15) is 4.79 Å². The molecule has 1 aliphatic rings. The monoisotopic (exact) mass is 390 g/mol. The van der Waals surface area contributed by atoms with E-state index in [1.54, 1.807) is 0 Å². The van der Waals surface area contributed by atoms with Crippen molar-refractivity contribution in [3.63, 3.8) is 0 Å². The van der Waals surface area contributed by atoms with Crippen molar-refractivity contribution >= 4 is 18.3 Å². The fourth-order valence-electron chi connectivity index (χ4n) is 2.96. The third kappa shape index (κ3) is 7.31. The average Bonchev–Trinajstić information content (AvgIpc) is 2.69. The lowest BCUT2D eigenvalue weighted by atomic mass is 10.1. The van der Waals surface area contributed by atoms with Crippen LogP contribution in [0.25, 0.3) is 0 Å². The summed E-state index contributed by atoms with van der Waals surface area (Å²) in [5.41, 5.74) is 3.34. The number of benzene rings is 2. The molecule has 27 heavy (non-hydrogen) atoms. The molecule has 3 rings (SSSR count). The SMILES string of the molecule is Cl.O=C(CC1COCCN1)NCc1ccccc1COCc1ccccc1. The Balaban J connectivity index is 0.00000261. The smallest absolute Gasteiger partial charge is 0.221 e. The summed E-state index contributed by atoms with van der Waals surface area (Å²) in [5.74, 6) is 0.0352. The minimum Gasteiger partial charge on any atom is -0.378 e. The van der Waals surface area contributed by atoms with Crippen molar-refractivity contribution in [3.8, 4) is 0 Å². The van der Waals surface area contributed by atoms with Crippen molar-refractivity contribution in [1.29, 1.82) is 0 Å². The number of rotatable bonds is 8. The highest BCUT2D eigenvalue weighted by Gasteiger charge is 2.16. The summed E-state index contributed by atoms with van der Waals surface area (Å²) in [6.07, 6.45) is 0.437. The van der Waals surface area contributed by atoms with Gasteiger partial charge in [0.2, 0.25) is 5.91 Å². The van der Waals surface area contributed by atoms with E-state index in [1.165, 1.54) is 0 Å². The van der Waals surface area contributed by atoms with Gasteiger partial charge in [0.25, 0.3) is 0 Å². The summed E-state index contributed by atoms with van der Waals surface area (Å²) in [6, 6.07) is 18.3. The molecule has 1 fully saturated rings. The van der Waals surface area contributed by atoms with Gasteiger partial charge >= 0.3 is 0 Å². The molecule has 146 valence electrons. The lowest BCUT2D eigenvalue weighted by Gasteiger charge is -2.23. The quantitative estimate of drug-likeness (QED) is 0.727. The van der Waals surface area contributed by atoms with Crippen LogP contribution in [0.4, 0.5) is 0 Å². The fourth-order valence-corrected chi connectivity index (χ4v) is 2.96. The molecular weight excluding hydrogens is 364 g/mol. The fraction of sp³-hybridized carbons (Fsp3) is 0.381. The van der Waals surface area contributed by atoms with Crippen molar-refractivity contribution in [2.75, 3.05) is 19.8 Å². The van der Waals surface area contributed by atoms with Gasteiger partial charge in [-0.1, -0.05) is 54.6 Å². The molecule has 1 aliphatic heterocycles. The van der Waals surface area contributed by atoms with Crippen LogP contribution >= 0.6 is 12.4 Å². The van der Waals surface area contributed by atoms with Gasteiger partial charge in [0.05, 0.1) is 26.4 Å². The molecule has 2 N–H and O–H groups in total. The molecule has 0 saturated carbocycles. The van der Waals surface area contributed by atoms with Crippen molar-refractivity contribution in [3.05, 3.63) is 71.3 Å². The van der Waals surface area contributed by atoms with Gasteiger partial charge in [0, 0.05) is 25.6 Å². The van der Waals surface area contributed by atoms with Crippen LogP contribution in [0, 0.1) is 0 Å². The maximum atomic E-state index is 12.2. The summed E-state index contributed by atoms with van der Waals surface area (Å²) >= 11 is 0. The van der Waals surface area contributed by atoms with Crippen LogP contribution in [0.15, 0.2) is 54.6 Å². The lowest BCUT2D eigenvalue weighted by Crippen LogP contribution is -2.44. The van der Waals surface area contributed by atoms with Crippen molar-refractivity contribution in [1.82, 2.24) is 10.6 Å². The molecule has 1 saturated heterocycles. The molecule has 0 spiro atoms. The van der Waals surface area contributed by atoms with Gasteiger partial charge in [0.15, 0.2) is 0 Å². The minimum atomic E-state index is 0. The first kappa shape index (κ1) is 21.4. The molecule has 0 bridgehead atoms. The Morgan fingerprint density at radius 1 is 1.07 bits per heavy atom. The van der Waals surface area contributed by atoms with Crippen LogP contribution < -0.4 is 10.6 Å². The van der Waals surface area contributed by atoms with Crippen LogP contribution in [0.2, 0.25) is 0 Å². The van der Waals surface area contributed by atoms with E-state index in [-0.39, 0.29) is 24.4 Å². The zero-order chi connectivity index (χ0) is 18.0. The molecule has 0 aliphatic carbocycles. The Morgan fingerprint density at radius 3 is 2.56 bits per heavy atom. The third-order valence-corrected chi connectivity index (χ3v) is 4.39. The van der Waals surface area contributed by atoms with E-state index in [0.717, 1.165) is 23.2 Å². The number of halogens is 1. The van der Waals surface area contributed by atoms with Crippen LogP contribution in [0.5, 0.6) is 0 Å². The zero-order valence-electron chi connectivity index (χ0n) is 15.4. The first-order valence-electron chi connectivity index (χ1n) is 9.07. The Bertz CT molecular complexity index is 691. The molecule has 0 radical (unpaired) electrons. The first-order valence-corrected chi connectivity index (χ1v) is 9.07. The minimum absolute atomic E-state index is 0. The standard InChI is InChI=1S/C21H26N2O3.ClH/c24-21(12-20-16-25-11-10-22-20)23-13-18-8-4-5-9-19(18)15-26-14-17-6-2-1-3-7-17;/h1-9,20,22H,10-16H2,(H,23,24);1H. The number of carbonyl (C=O) groups is 1. The van der Waals surface area contributed by atoms with E-state index in [2.05, 4.69) is 22.8 Å². The van der Waals surface area contributed by atoms with E-state index in [0.29, 0.717) is 39.4 Å². The van der Waals surface area contributed by atoms with Crippen LogP contribution in [0.3, 0.4) is 0 Å². The first-order chi connectivity index (χ1) is 12.8. The Kier molecular flexibility index (Phi) is 9.28. The summed E-state index contributed by atoms with van der Waals surface area (Å²) in [6.45, 7) is 3.73. The molecule has 2 aromatic rings. The Labute approximate surface area is 166 Å². The van der Waals surface area contributed by atoms with Gasteiger partial charge in [-0.15, -0.1) is 12.4 Å². The second kappa shape index (κ2) is 11.7. The highest BCUT2D eigenvalue weighted by molar-refractivity contribution is 5.85. The molecule has 6 heteroatoms. The maximum absolute atomic E-state index is 12.2. The summed E-state index contributed by atoms with van der Waals surface area (Å²) in [7, 11) is 0. The van der Waals surface area contributed by atoms with Gasteiger partial charge in [-0.2, -0.15) is 0 Å². The highest BCUT2D eigenvalue weighted by Crippen LogP contribution is 2.12. The van der Waals surface area contributed by atoms with Gasteiger partial charge in [-0.25, -0.2) is 0 Å². The van der Waals surface area contributed by atoms with Crippen LogP contribution in [-0.4, -0.2) is 31.7 Å².